The number of thioether (sulfide) groups is 1. The quantitative estimate of drug-likeness (QED) is 0.232. The molecule has 0 spiro atoms. The smallest absolute Gasteiger partial charge is 0.192 e. The number of aromatic amines is 1. The maximum absolute atomic E-state index is 13.0. The number of fused-ring (bicyclic) bond motifs is 1. The summed E-state index contributed by atoms with van der Waals surface area (Å²) in [6.07, 6.45) is 6.10. The maximum atomic E-state index is 13.0. The Bertz CT molecular complexity index is 1290. The molecule has 0 aliphatic heterocycles. The maximum Gasteiger partial charge on any atom is 0.192 e. The Morgan fingerprint density at radius 2 is 2.10 bits per heavy atom. The number of aromatic nitrogens is 5. The van der Waals surface area contributed by atoms with Crippen LogP contribution in [0.1, 0.15) is 40.6 Å². The first-order valence-electron chi connectivity index (χ1n) is 10.5. The normalized spacial score (nSPS) is 13.7. The first-order chi connectivity index (χ1) is 15.1. The van der Waals surface area contributed by atoms with Crippen molar-refractivity contribution >= 4 is 28.4 Å². The predicted molar refractivity (Wildman–Crippen MR) is 125 cm³/mol. The van der Waals surface area contributed by atoms with Gasteiger partial charge in [0.15, 0.2) is 16.8 Å². The van der Waals surface area contributed by atoms with Gasteiger partial charge in [-0.3, -0.25) is 9.36 Å². The standard InChI is InChI=1S/C24H25N5OS/c1-4-11-28-15(2)12-19(16(28)3)22(30)14-31-24-27-26-23(29(24)17-9-10-17)20-13-25-21-8-6-5-7-18(20)21/h4-8,12-13,17,25H,1,9-11,14H2,2-3H3. The second-order valence-electron chi connectivity index (χ2n) is 8.05. The highest BCUT2D eigenvalue weighted by atomic mass is 32.2. The fraction of sp³-hybridized carbons (Fsp3) is 0.292. The van der Waals surface area contributed by atoms with Gasteiger partial charge in [-0.2, -0.15) is 0 Å². The van der Waals surface area contributed by atoms with Gasteiger partial charge in [-0.1, -0.05) is 36.0 Å². The second kappa shape index (κ2) is 7.89. The van der Waals surface area contributed by atoms with Gasteiger partial charge < -0.3 is 9.55 Å². The van der Waals surface area contributed by atoms with E-state index in [9.17, 15) is 4.79 Å². The number of para-hydroxylation sites is 1. The predicted octanol–water partition coefficient (Wildman–Crippen LogP) is 5.34. The molecule has 6 nitrogen and oxygen atoms in total. The van der Waals surface area contributed by atoms with E-state index >= 15 is 0 Å². The molecule has 0 atom stereocenters. The third-order valence-corrected chi connectivity index (χ3v) is 6.87. The van der Waals surface area contributed by atoms with Gasteiger partial charge >= 0.3 is 0 Å². The number of allylic oxidation sites excluding steroid dienone is 1. The summed E-state index contributed by atoms with van der Waals surface area (Å²) in [6, 6.07) is 10.6. The number of nitrogens with one attached hydrogen (secondary N) is 1. The molecule has 31 heavy (non-hydrogen) atoms. The fourth-order valence-electron chi connectivity index (χ4n) is 4.18. The summed E-state index contributed by atoms with van der Waals surface area (Å²) in [5, 5.41) is 11.0. The molecule has 7 heteroatoms. The van der Waals surface area contributed by atoms with Gasteiger partial charge in [0.1, 0.15) is 0 Å². The van der Waals surface area contributed by atoms with Crippen LogP contribution in [-0.2, 0) is 6.54 Å². The van der Waals surface area contributed by atoms with E-state index in [2.05, 4.69) is 43.0 Å². The Morgan fingerprint density at radius 1 is 1.29 bits per heavy atom. The molecule has 1 aliphatic rings. The number of aryl methyl sites for hydroxylation is 1. The highest BCUT2D eigenvalue weighted by Gasteiger charge is 2.31. The first-order valence-corrected chi connectivity index (χ1v) is 11.5. The molecule has 1 fully saturated rings. The Kier molecular flexibility index (Phi) is 5.06. The van der Waals surface area contributed by atoms with Gasteiger partial charge in [-0.05, 0) is 38.8 Å². The Hall–Kier alpha value is -3.06. The van der Waals surface area contributed by atoms with Crippen LogP contribution >= 0.6 is 11.8 Å². The highest BCUT2D eigenvalue weighted by Crippen LogP contribution is 2.42. The van der Waals surface area contributed by atoms with Crippen molar-refractivity contribution in [3.05, 3.63) is 66.1 Å². The lowest BCUT2D eigenvalue weighted by molar-refractivity contribution is 0.102. The minimum Gasteiger partial charge on any atom is -0.360 e. The van der Waals surface area contributed by atoms with Crippen molar-refractivity contribution in [1.29, 1.82) is 0 Å². The first kappa shape index (κ1) is 19.9. The number of hydrogen-bond acceptors (Lipinski definition) is 4. The number of ketones is 1. The lowest BCUT2D eigenvalue weighted by Gasteiger charge is -2.08. The molecular formula is C24H25N5OS. The van der Waals surface area contributed by atoms with Crippen molar-refractivity contribution in [3.63, 3.8) is 0 Å². The molecule has 0 amide bonds. The monoisotopic (exact) mass is 431 g/mol. The number of nitrogens with zero attached hydrogens (tertiary/aromatic N) is 4. The lowest BCUT2D eigenvalue weighted by atomic mass is 10.1. The van der Waals surface area contributed by atoms with Crippen molar-refractivity contribution in [3.8, 4) is 11.4 Å². The Morgan fingerprint density at radius 3 is 2.87 bits per heavy atom. The summed E-state index contributed by atoms with van der Waals surface area (Å²) in [5.74, 6) is 1.34. The molecule has 1 saturated carbocycles. The largest absolute Gasteiger partial charge is 0.360 e. The van der Waals surface area contributed by atoms with E-state index in [1.807, 2.05) is 44.3 Å². The number of Topliss-reactive ketones (excluding diaryl/α,β-unsaturated/α-hetero) is 1. The molecule has 1 N–H and O–H groups in total. The number of carbonyl (C=O) groups excluding carboxylic acids is 1. The number of hydrogen-bond donors (Lipinski definition) is 1. The molecule has 0 unspecified atom stereocenters. The van der Waals surface area contributed by atoms with E-state index in [-0.39, 0.29) is 5.78 Å². The van der Waals surface area contributed by atoms with Crippen LogP contribution in [0.15, 0.2) is 54.3 Å². The van der Waals surface area contributed by atoms with Crippen molar-refractivity contribution in [2.24, 2.45) is 0 Å². The molecule has 0 radical (unpaired) electrons. The molecule has 0 saturated heterocycles. The van der Waals surface area contributed by atoms with Gasteiger partial charge in [0, 0.05) is 52.2 Å². The summed E-state index contributed by atoms with van der Waals surface area (Å²) in [6.45, 7) is 8.54. The summed E-state index contributed by atoms with van der Waals surface area (Å²) < 4.78 is 4.33. The van der Waals surface area contributed by atoms with E-state index < -0.39 is 0 Å². The number of rotatable bonds is 8. The molecular weight excluding hydrogens is 406 g/mol. The van der Waals surface area contributed by atoms with Gasteiger partial charge in [0.05, 0.1) is 5.75 Å². The molecule has 1 aliphatic carbocycles. The Labute approximate surface area is 185 Å². The lowest BCUT2D eigenvalue weighted by Crippen LogP contribution is -2.07. The molecule has 3 heterocycles. The second-order valence-corrected chi connectivity index (χ2v) is 8.99. The van der Waals surface area contributed by atoms with Crippen molar-refractivity contribution in [2.75, 3.05) is 5.75 Å². The zero-order valence-electron chi connectivity index (χ0n) is 17.8. The van der Waals surface area contributed by atoms with E-state index in [1.165, 1.54) is 11.8 Å². The minimum absolute atomic E-state index is 0.118. The SMILES string of the molecule is C=CCn1c(C)cc(C(=O)CSc2nnc(-c3c[nH]c4ccccc34)n2C2CC2)c1C. The summed E-state index contributed by atoms with van der Waals surface area (Å²) in [5.41, 5.74) is 4.99. The van der Waals surface area contributed by atoms with Crippen LogP contribution in [0, 0.1) is 13.8 Å². The van der Waals surface area contributed by atoms with Crippen LogP contribution in [0.25, 0.3) is 22.3 Å². The van der Waals surface area contributed by atoms with Crippen molar-refractivity contribution in [2.45, 2.75) is 44.4 Å². The molecule has 0 bridgehead atoms. The number of carbonyl (C=O) groups is 1. The van der Waals surface area contributed by atoms with Crippen LogP contribution in [-0.4, -0.2) is 35.9 Å². The van der Waals surface area contributed by atoms with E-state index in [4.69, 9.17) is 0 Å². The topological polar surface area (TPSA) is 68.5 Å². The van der Waals surface area contributed by atoms with Crippen LogP contribution in [0.3, 0.4) is 0 Å². The van der Waals surface area contributed by atoms with Gasteiger partial charge in [0.25, 0.3) is 0 Å². The van der Waals surface area contributed by atoms with Crippen molar-refractivity contribution < 1.29 is 4.79 Å². The number of H-pyrrole nitrogens is 1. The average molecular weight is 432 g/mol. The third-order valence-electron chi connectivity index (χ3n) is 5.92. The average Bonchev–Trinajstić information content (AvgIpc) is 3.28. The van der Waals surface area contributed by atoms with Crippen LogP contribution in [0.5, 0.6) is 0 Å². The van der Waals surface area contributed by atoms with Gasteiger partial charge in [-0.25, -0.2) is 0 Å². The molecule has 3 aromatic heterocycles. The van der Waals surface area contributed by atoms with Crippen LogP contribution in [0.2, 0.25) is 0 Å². The zero-order chi connectivity index (χ0) is 21.5. The summed E-state index contributed by atoms with van der Waals surface area (Å²) in [7, 11) is 0. The van der Waals surface area contributed by atoms with Gasteiger partial charge in [0.2, 0.25) is 0 Å². The highest BCUT2D eigenvalue weighted by molar-refractivity contribution is 7.99. The number of benzene rings is 1. The zero-order valence-corrected chi connectivity index (χ0v) is 18.6. The van der Waals surface area contributed by atoms with Crippen LogP contribution < -0.4 is 0 Å². The van der Waals surface area contributed by atoms with E-state index in [1.54, 1.807) is 0 Å². The summed E-state index contributed by atoms with van der Waals surface area (Å²) >= 11 is 1.48. The van der Waals surface area contributed by atoms with Crippen molar-refractivity contribution in [1.82, 2.24) is 24.3 Å². The fourth-order valence-corrected chi connectivity index (χ4v) is 5.07. The molecule has 5 rings (SSSR count). The Balaban J connectivity index is 1.42. The molecule has 1 aromatic carbocycles. The molecule has 4 aromatic rings. The van der Waals surface area contributed by atoms with Gasteiger partial charge in [-0.15, -0.1) is 16.8 Å². The third kappa shape index (κ3) is 3.53. The van der Waals surface area contributed by atoms with E-state index in [0.29, 0.717) is 18.3 Å². The van der Waals surface area contributed by atoms with E-state index in [0.717, 1.165) is 57.2 Å². The molecule has 158 valence electrons. The van der Waals surface area contributed by atoms with Crippen LogP contribution in [0.4, 0.5) is 0 Å². The minimum atomic E-state index is 0.118. The summed E-state index contributed by atoms with van der Waals surface area (Å²) in [4.78, 5) is 16.3.